The lowest BCUT2D eigenvalue weighted by molar-refractivity contribution is -0.120. The van der Waals surface area contributed by atoms with E-state index in [1.807, 2.05) is 18.2 Å². The van der Waals surface area contributed by atoms with Crippen LogP contribution in [0.1, 0.15) is 37.5 Å². The zero-order valence-corrected chi connectivity index (χ0v) is 22.5. The fraction of sp³-hybridized carbons (Fsp3) is 0.172. The Morgan fingerprint density at radius 3 is 2.58 bits per heavy atom. The number of benzene rings is 2. The average Bonchev–Trinajstić information content (AvgIpc) is 3.03. The molecule has 0 saturated heterocycles. The number of pyridine rings is 1. The number of hydrogen-bond acceptors (Lipinski definition) is 7. The molecule has 5 rings (SSSR count). The molecule has 10 nitrogen and oxygen atoms in total. The number of amides is 3. The average molecular weight is 557 g/mol. The molecule has 1 aliphatic rings. The van der Waals surface area contributed by atoms with Gasteiger partial charge in [-0.1, -0.05) is 29.8 Å². The van der Waals surface area contributed by atoms with Crippen molar-refractivity contribution in [2.24, 2.45) is 0 Å². The normalized spacial score (nSPS) is 14.7. The Kier molecular flexibility index (Phi) is 7.70. The van der Waals surface area contributed by atoms with E-state index in [1.54, 1.807) is 49.5 Å². The van der Waals surface area contributed by atoms with Crippen LogP contribution in [-0.2, 0) is 17.8 Å². The number of carbonyl (C=O) groups excluding carboxylic acids is 3. The van der Waals surface area contributed by atoms with Crippen LogP contribution in [0.15, 0.2) is 73.2 Å². The molecule has 1 aliphatic heterocycles. The highest BCUT2D eigenvalue weighted by Gasteiger charge is 2.36. The summed E-state index contributed by atoms with van der Waals surface area (Å²) >= 11 is 6.15. The number of carbonyl (C=O) groups is 3. The first kappa shape index (κ1) is 26.8. The van der Waals surface area contributed by atoms with Gasteiger partial charge in [0.1, 0.15) is 6.04 Å². The Balaban J connectivity index is 1.42. The fourth-order valence-electron chi connectivity index (χ4n) is 4.49. The van der Waals surface area contributed by atoms with Crippen molar-refractivity contribution in [1.29, 1.82) is 0 Å². The molecule has 0 aliphatic carbocycles. The number of aryl methyl sites for hydroxylation is 1. The highest BCUT2D eigenvalue weighted by atomic mass is 35.5. The number of halogens is 1. The molecular weight excluding hydrogens is 532 g/mol. The van der Waals surface area contributed by atoms with Gasteiger partial charge in [0.15, 0.2) is 5.75 Å². The summed E-state index contributed by atoms with van der Waals surface area (Å²) in [4.78, 5) is 54.1. The van der Waals surface area contributed by atoms with E-state index >= 15 is 0 Å². The molecule has 3 heterocycles. The van der Waals surface area contributed by atoms with Crippen molar-refractivity contribution in [2.75, 3.05) is 17.7 Å². The van der Waals surface area contributed by atoms with E-state index in [-0.39, 0.29) is 36.6 Å². The van der Waals surface area contributed by atoms with Crippen LogP contribution in [0.25, 0.3) is 0 Å². The molecule has 11 heteroatoms. The van der Waals surface area contributed by atoms with E-state index in [1.165, 1.54) is 24.4 Å². The molecule has 2 aromatic heterocycles. The zero-order chi connectivity index (χ0) is 28.2. The lowest BCUT2D eigenvalue weighted by Gasteiger charge is -2.29. The molecule has 0 bridgehead atoms. The van der Waals surface area contributed by atoms with Gasteiger partial charge in [0.25, 0.3) is 11.8 Å². The smallest absolute Gasteiger partial charge is 0.258 e. The van der Waals surface area contributed by atoms with Crippen LogP contribution in [0.2, 0.25) is 5.02 Å². The minimum Gasteiger partial charge on any atom is -0.494 e. The van der Waals surface area contributed by atoms with Gasteiger partial charge in [0.05, 0.1) is 30.8 Å². The number of nitrogens with one attached hydrogen (secondary N) is 2. The third-order valence-corrected chi connectivity index (χ3v) is 6.75. The summed E-state index contributed by atoms with van der Waals surface area (Å²) in [6.07, 6.45) is 4.79. The third-order valence-electron chi connectivity index (χ3n) is 6.52. The Morgan fingerprint density at radius 2 is 1.88 bits per heavy atom. The van der Waals surface area contributed by atoms with Crippen molar-refractivity contribution in [2.45, 2.75) is 25.9 Å². The SMILES string of the molecule is COc1cnc(NC(=O)c2ccc(CN3C(=O)c4ccc(Cl)cc4NC(=O)C3Cc3ccccn3)cc2C)nc1. The van der Waals surface area contributed by atoms with Gasteiger partial charge in [0, 0.05) is 35.4 Å². The summed E-state index contributed by atoms with van der Waals surface area (Å²) in [5.74, 6) is -0.415. The minimum atomic E-state index is -0.830. The monoisotopic (exact) mass is 556 g/mol. The number of aromatic nitrogens is 3. The number of fused-ring (bicyclic) bond motifs is 1. The fourth-order valence-corrected chi connectivity index (χ4v) is 4.66. The van der Waals surface area contributed by atoms with Gasteiger partial charge in [0.2, 0.25) is 11.9 Å². The second-order valence-electron chi connectivity index (χ2n) is 9.20. The van der Waals surface area contributed by atoms with Gasteiger partial charge < -0.3 is 15.0 Å². The molecule has 2 N–H and O–H groups in total. The quantitative estimate of drug-likeness (QED) is 0.347. The zero-order valence-electron chi connectivity index (χ0n) is 21.7. The molecule has 3 amide bonds. The van der Waals surface area contributed by atoms with Gasteiger partial charge in [-0.05, 0) is 54.4 Å². The standard InChI is InChI=1S/C29H25ClN6O4/c1-17-11-18(6-8-22(17)26(37)35-29-32-14-21(40-2)15-33-29)16-36-25(13-20-5-3-4-10-31-20)27(38)34-24-12-19(30)7-9-23(24)28(36)39/h3-12,14-15,25H,13,16H2,1-2H3,(H,34,38)(H,32,33,35,37). The molecule has 0 saturated carbocycles. The van der Waals surface area contributed by atoms with E-state index in [9.17, 15) is 14.4 Å². The van der Waals surface area contributed by atoms with Crippen molar-refractivity contribution in [3.63, 3.8) is 0 Å². The first-order chi connectivity index (χ1) is 19.3. The van der Waals surface area contributed by atoms with E-state index in [0.717, 1.165) is 5.56 Å². The van der Waals surface area contributed by atoms with Crippen molar-refractivity contribution in [3.05, 3.63) is 106 Å². The van der Waals surface area contributed by atoms with Gasteiger partial charge in [-0.15, -0.1) is 0 Å². The van der Waals surface area contributed by atoms with Crippen molar-refractivity contribution < 1.29 is 19.1 Å². The topological polar surface area (TPSA) is 126 Å². The molecule has 2 aromatic carbocycles. The van der Waals surface area contributed by atoms with Crippen LogP contribution in [-0.4, -0.2) is 50.7 Å². The molecule has 0 radical (unpaired) electrons. The predicted octanol–water partition coefficient (Wildman–Crippen LogP) is 4.30. The second-order valence-corrected chi connectivity index (χ2v) is 9.64. The molecule has 40 heavy (non-hydrogen) atoms. The number of methoxy groups -OCH3 is 1. The summed E-state index contributed by atoms with van der Waals surface area (Å²) in [6, 6.07) is 14.7. The lowest BCUT2D eigenvalue weighted by Crippen LogP contribution is -2.46. The van der Waals surface area contributed by atoms with Crippen LogP contribution in [0.4, 0.5) is 11.6 Å². The molecule has 0 fully saturated rings. The second kappa shape index (κ2) is 11.5. The highest BCUT2D eigenvalue weighted by molar-refractivity contribution is 6.31. The number of ether oxygens (including phenoxy) is 1. The number of hydrogen-bond donors (Lipinski definition) is 2. The van der Waals surface area contributed by atoms with E-state index in [0.29, 0.717) is 38.8 Å². The van der Waals surface area contributed by atoms with Crippen LogP contribution < -0.4 is 15.4 Å². The number of rotatable bonds is 7. The first-order valence-electron chi connectivity index (χ1n) is 12.4. The van der Waals surface area contributed by atoms with Gasteiger partial charge in [-0.25, -0.2) is 9.97 Å². The van der Waals surface area contributed by atoms with E-state index in [2.05, 4.69) is 25.6 Å². The minimum absolute atomic E-state index is 0.135. The third kappa shape index (κ3) is 5.76. The number of anilines is 2. The van der Waals surface area contributed by atoms with E-state index in [4.69, 9.17) is 16.3 Å². The number of nitrogens with zero attached hydrogens (tertiary/aromatic N) is 4. The Morgan fingerprint density at radius 1 is 1.07 bits per heavy atom. The molecule has 0 spiro atoms. The maximum absolute atomic E-state index is 13.8. The van der Waals surface area contributed by atoms with Crippen LogP contribution in [0.5, 0.6) is 5.75 Å². The summed E-state index contributed by atoms with van der Waals surface area (Å²) in [5.41, 5.74) is 3.23. The van der Waals surface area contributed by atoms with Crippen LogP contribution >= 0.6 is 11.6 Å². The summed E-state index contributed by atoms with van der Waals surface area (Å²) in [5, 5.41) is 5.94. The summed E-state index contributed by atoms with van der Waals surface area (Å²) < 4.78 is 5.04. The predicted molar refractivity (Wildman–Crippen MR) is 149 cm³/mol. The Bertz CT molecular complexity index is 1580. The molecule has 1 atom stereocenters. The highest BCUT2D eigenvalue weighted by Crippen LogP contribution is 2.29. The summed E-state index contributed by atoms with van der Waals surface area (Å²) in [6.45, 7) is 1.93. The molecular formula is C29H25ClN6O4. The van der Waals surface area contributed by atoms with Crippen LogP contribution in [0, 0.1) is 6.92 Å². The maximum atomic E-state index is 13.8. The van der Waals surface area contributed by atoms with Crippen molar-refractivity contribution in [1.82, 2.24) is 19.9 Å². The largest absolute Gasteiger partial charge is 0.494 e. The maximum Gasteiger partial charge on any atom is 0.258 e. The first-order valence-corrected chi connectivity index (χ1v) is 12.8. The van der Waals surface area contributed by atoms with E-state index < -0.39 is 6.04 Å². The van der Waals surface area contributed by atoms with Crippen LogP contribution in [0.3, 0.4) is 0 Å². The molecule has 1 unspecified atom stereocenters. The van der Waals surface area contributed by atoms with Crippen molar-refractivity contribution >= 4 is 41.0 Å². The lowest BCUT2D eigenvalue weighted by atomic mass is 10.0. The van der Waals surface area contributed by atoms with Gasteiger partial charge >= 0.3 is 0 Å². The Labute approximate surface area is 235 Å². The molecule has 4 aromatic rings. The van der Waals surface area contributed by atoms with Crippen molar-refractivity contribution in [3.8, 4) is 5.75 Å². The molecule has 202 valence electrons. The van der Waals surface area contributed by atoms with Gasteiger partial charge in [-0.3, -0.25) is 24.7 Å². The van der Waals surface area contributed by atoms with Gasteiger partial charge in [-0.2, -0.15) is 0 Å². The summed E-state index contributed by atoms with van der Waals surface area (Å²) in [7, 11) is 1.50. The Hall–Kier alpha value is -4.83.